The van der Waals surface area contributed by atoms with Gasteiger partial charge in [0.1, 0.15) is 0 Å². The Kier molecular flexibility index (Phi) is 5.23. The van der Waals surface area contributed by atoms with Crippen molar-refractivity contribution >= 4 is 28.8 Å². The average molecular weight is 352 g/mol. The topological polar surface area (TPSA) is 113 Å². The number of nitrogens with one attached hydrogen (secondary N) is 3. The molecule has 0 bridgehead atoms. The number of urea groups is 1. The van der Waals surface area contributed by atoms with Gasteiger partial charge in [0.25, 0.3) is 5.91 Å². The highest BCUT2D eigenvalue weighted by molar-refractivity contribution is 6.03. The lowest BCUT2D eigenvalue weighted by atomic mass is 10.2. The van der Waals surface area contributed by atoms with Crippen molar-refractivity contribution in [3.63, 3.8) is 0 Å². The van der Waals surface area contributed by atoms with E-state index < -0.39 is 24.5 Å². The number of carbonyl (C=O) groups excluding carboxylic acids is 3. The van der Waals surface area contributed by atoms with Crippen LogP contribution < -0.4 is 10.6 Å². The van der Waals surface area contributed by atoms with Gasteiger partial charge in [0.15, 0.2) is 12.3 Å². The molecule has 0 radical (unpaired) electrons. The second-order valence-electron chi connectivity index (χ2n) is 5.41. The van der Waals surface area contributed by atoms with Gasteiger partial charge in [-0.2, -0.15) is 5.10 Å². The number of aromatic amines is 1. The van der Waals surface area contributed by atoms with Gasteiger partial charge in [-0.05, 0) is 11.6 Å². The monoisotopic (exact) mass is 352 g/mol. The van der Waals surface area contributed by atoms with E-state index in [-0.39, 0.29) is 12.2 Å². The third-order valence-corrected chi connectivity index (χ3v) is 3.55. The Morgan fingerprint density at radius 1 is 1.00 bits per heavy atom. The number of esters is 1. The van der Waals surface area contributed by atoms with Crippen LogP contribution in [0.2, 0.25) is 0 Å². The van der Waals surface area contributed by atoms with Gasteiger partial charge in [-0.3, -0.25) is 15.2 Å². The molecule has 2 aromatic carbocycles. The fourth-order valence-corrected chi connectivity index (χ4v) is 2.30. The van der Waals surface area contributed by atoms with Gasteiger partial charge in [-0.15, -0.1) is 0 Å². The minimum Gasteiger partial charge on any atom is -0.451 e. The van der Waals surface area contributed by atoms with Crippen molar-refractivity contribution in [2.45, 2.75) is 6.54 Å². The van der Waals surface area contributed by atoms with Gasteiger partial charge < -0.3 is 10.1 Å². The van der Waals surface area contributed by atoms with E-state index in [1.165, 1.54) is 0 Å². The average Bonchev–Trinajstić information content (AvgIpc) is 3.09. The molecule has 132 valence electrons. The van der Waals surface area contributed by atoms with E-state index in [9.17, 15) is 14.4 Å². The lowest BCUT2D eigenvalue weighted by Crippen LogP contribution is -2.41. The predicted octanol–water partition coefficient (Wildman–Crippen LogP) is 1.75. The molecule has 0 aliphatic carbocycles. The lowest BCUT2D eigenvalue weighted by molar-refractivity contribution is -0.123. The first-order valence-corrected chi connectivity index (χ1v) is 7.85. The first kappa shape index (κ1) is 17.2. The van der Waals surface area contributed by atoms with Gasteiger partial charge in [-0.25, -0.2) is 9.59 Å². The Labute approximate surface area is 148 Å². The number of rotatable bonds is 5. The van der Waals surface area contributed by atoms with Gasteiger partial charge >= 0.3 is 12.0 Å². The van der Waals surface area contributed by atoms with E-state index in [2.05, 4.69) is 20.8 Å². The Hall–Kier alpha value is -3.68. The Balaban J connectivity index is 1.46. The van der Waals surface area contributed by atoms with E-state index >= 15 is 0 Å². The van der Waals surface area contributed by atoms with E-state index in [1.807, 2.05) is 30.3 Å². The first-order valence-electron chi connectivity index (χ1n) is 7.85. The summed E-state index contributed by atoms with van der Waals surface area (Å²) in [5.74, 6) is -1.48. The number of amides is 3. The molecule has 1 heterocycles. The Bertz CT molecular complexity index is 937. The van der Waals surface area contributed by atoms with Gasteiger partial charge in [0.05, 0.1) is 5.52 Å². The number of fused-ring (bicyclic) bond motifs is 1. The highest BCUT2D eigenvalue weighted by atomic mass is 16.5. The summed E-state index contributed by atoms with van der Waals surface area (Å²) in [6.07, 6.45) is 0. The van der Waals surface area contributed by atoms with Gasteiger partial charge in [0, 0.05) is 11.9 Å². The summed E-state index contributed by atoms with van der Waals surface area (Å²) in [5.41, 5.74) is 1.66. The summed E-state index contributed by atoms with van der Waals surface area (Å²) in [7, 11) is 0. The van der Waals surface area contributed by atoms with E-state index in [1.54, 1.807) is 24.3 Å². The summed E-state index contributed by atoms with van der Waals surface area (Å²) in [6, 6.07) is 15.6. The number of ether oxygens (including phenoxy) is 1. The summed E-state index contributed by atoms with van der Waals surface area (Å²) < 4.78 is 4.91. The number of H-pyrrole nitrogens is 1. The van der Waals surface area contributed by atoms with Crippen LogP contribution in [0.4, 0.5) is 4.79 Å². The molecule has 8 heteroatoms. The molecule has 3 amide bonds. The third kappa shape index (κ3) is 4.23. The molecule has 26 heavy (non-hydrogen) atoms. The Morgan fingerprint density at radius 3 is 2.54 bits per heavy atom. The normalized spacial score (nSPS) is 10.3. The highest BCUT2D eigenvalue weighted by Gasteiger charge is 2.17. The van der Waals surface area contributed by atoms with Crippen LogP contribution in [-0.2, 0) is 16.1 Å². The van der Waals surface area contributed by atoms with Crippen molar-refractivity contribution in [2.24, 2.45) is 0 Å². The van der Waals surface area contributed by atoms with Crippen molar-refractivity contribution in [1.29, 1.82) is 0 Å². The zero-order chi connectivity index (χ0) is 18.4. The molecule has 0 atom stereocenters. The van der Waals surface area contributed by atoms with Crippen molar-refractivity contribution < 1.29 is 19.1 Å². The van der Waals surface area contributed by atoms with Crippen LogP contribution in [-0.4, -0.2) is 34.7 Å². The molecule has 0 aliphatic rings. The zero-order valence-electron chi connectivity index (χ0n) is 13.7. The van der Waals surface area contributed by atoms with Crippen molar-refractivity contribution in [3.8, 4) is 0 Å². The SMILES string of the molecule is O=C(COC(=O)c1n[nH]c2ccccc12)NC(=O)NCc1ccccc1. The summed E-state index contributed by atoms with van der Waals surface area (Å²) in [6.45, 7) is -0.308. The molecule has 0 saturated heterocycles. The quantitative estimate of drug-likeness (QED) is 0.606. The summed E-state index contributed by atoms with van der Waals surface area (Å²) in [5, 5.41) is 11.8. The van der Waals surface area contributed by atoms with Crippen LogP contribution in [0, 0.1) is 0 Å². The van der Waals surface area contributed by atoms with Crippen LogP contribution in [0.3, 0.4) is 0 Å². The van der Waals surface area contributed by atoms with Crippen LogP contribution >= 0.6 is 0 Å². The smallest absolute Gasteiger partial charge is 0.359 e. The van der Waals surface area contributed by atoms with E-state index in [0.717, 1.165) is 5.56 Å². The lowest BCUT2D eigenvalue weighted by Gasteiger charge is -2.07. The van der Waals surface area contributed by atoms with Crippen LogP contribution in [0.1, 0.15) is 16.1 Å². The fraction of sp³-hybridized carbons (Fsp3) is 0.111. The molecule has 0 saturated carbocycles. The van der Waals surface area contributed by atoms with Gasteiger partial charge in [0.2, 0.25) is 0 Å². The van der Waals surface area contributed by atoms with Crippen molar-refractivity contribution in [3.05, 3.63) is 65.9 Å². The number of hydrogen-bond acceptors (Lipinski definition) is 5. The minimum atomic E-state index is -0.748. The summed E-state index contributed by atoms with van der Waals surface area (Å²) in [4.78, 5) is 35.4. The van der Waals surface area contributed by atoms with E-state index in [4.69, 9.17) is 4.74 Å². The van der Waals surface area contributed by atoms with Crippen LogP contribution in [0.15, 0.2) is 54.6 Å². The number of hydrogen-bond donors (Lipinski definition) is 3. The molecular formula is C18H16N4O4. The predicted molar refractivity (Wildman–Crippen MR) is 93.2 cm³/mol. The number of carbonyl (C=O) groups is 3. The minimum absolute atomic E-state index is 0.0851. The number of benzene rings is 2. The van der Waals surface area contributed by atoms with E-state index in [0.29, 0.717) is 10.9 Å². The summed E-state index contributed by atoms with van der Waals surface area (Å²) >= 11 is 0. The molecule has 3 rings (SSSR count). The third-order valence-electron chi connectivity index (χ3n) is 3.55. The molecule has 0 fully saturated rings. The standard InChI is InChI=1S/C18H16N4O4/c23-15(20-18(25)19-10-12-6-2-1-3-7-12)11-26-17(24)16-13-8-4-5-9-14(13)21-22-16/h1-9H,10-11H2,(H,21,22)(H2,19,20,23,25). The molecule has 8 nitrogen and oxygen atoms in total. The molecule has 3 N–H and O–H groups in total. The number of nitrogens with zero attached hydrogens (tertiary/aromatic N) is 1. The number of imide groups is 1. The number of aromatic nitrogens is 2. The number of para-hydroxylation sites is 1. The maximum absolute atomic E-state index is 12.0. The molecule has 0 unspecified atom stereocenters. The second kappa shape index (κ2) is 7.93. The Morgan fingerprint density at radius 2 is 1.73 bits per heavy atom. The molecule has 1 aromatic heterocycles. The van der Waals surface area contributed by atoms with Crippen LogP contribution in [0.25, 0.3) is 10.9 Å². The largest absolute Gasteiger partial charge is 0.451 e. The van der Waals surface area contributed by atoms with Crippen LogP contribution in [0.5, 0.6) is 0 Å². The zero-order valence-corrected chi connectivity index (χ0v) is 13.7. The fourth-order valence-electron chi connectivity index (χ4n) is 2.30. The molecule has 0 spiro atoms. The van der Waals surface area contributed by atoms with Gasteiger partial charge in [-0.1, -0.05) is 48.5 Å². The maximum Gasteiger partial charge on any atom is 0.359 e. The second-order valence-corrected chi connectivity index (χ2v) is 5.41. The van der Waals surface area contributed by atoms with Crippen molar-refractivity contribution in [2.75, 3.05) is 6.61 Å². The first-order chi connectivity index (χ1) is 12.6. The maximum atomic E-state index is 12.0. The molecule has 3 aromatic rings. The highest BCUT2D eigenvalue weighted by Crippen LogP contribution is 2.15. The molecular weight excluding hydrogens is 336 g/mol. The van der Waals surface area contributed by atoms with Crippen molar-refractivity contribution in [1.82, 2.24) is 20.8 Å². The molecule has 0 aliphatic heterocycles.